The smallest absolute Gasteiger partial charge is 0.200 e. The highest BCUT2D eigenvalue weighted by molar-refractivity contribution is 9.10. The number of halogens is 3. The predicted molar refractivity (Wildman–Crippen MR) is 65.1 cm³/mol. The first-order chi connectivity index (χ1) is 7.56. The summed E-state index contributed by atoms with van der Waals surface area (Å²) in [5.41, 5.74) is 0.0638. The number of hydrogen-bond donors (Lipinski definition) is 1. The van der Waals surface area contributed by atoms with Crippen LogP contribution in [0.5, 0.6) is 5.75 Å². The minimum absolute atomic E-state index is 0.0417. The van der Waals surface area contributed by atoms with Crippen LogP contribution in [0.15, 0.2) is 16.6 Å². The van der Waals surface area contributed by atoms with Crippen molar-refractivity contribution in [3.8, 4) is 5.75 Å². The molecule has 16 heavy (non-hydrogen) atoms. The molecule has 1 aromatic carbocycles. The van der Waals surface area contributed by atoms with E-state index in [1.165, 1.54) is 6.07 Å². The Balaban J connectivity index is 2.09. The highest BCUT2D eigenvalue weighted by Gasteiger charge is 2.42. The Kier molecular flexibility index (Phi) is 3.45. The van der Waals surface area contributed by atoms with E-state index in [1.807, 2.05) is 0 Å². The van der Waals surface area contributed by atoms with Crippen LogP contribution in [0.3, 0.4) is 0 Å². The van der Waals surface area contributed by atoms with Crippen LogP contribution >= 0.6 is 28.6 Å². The van der Waals surface area contributed by atoms with E-state index in [-0.39, 0.29) is 11.2 Å². The second-order valence-corrected chi connectivity index (χ2v) is 5.38. The van der Waals surface area contributed by atoms with Crippen molar-refractivity contribution in [3.63, 3.8) is 0 Å². The first kappa shape index (κ1) is 12.2. The van der Waals surface area contributed by atoms with Crippen molar-refractivity contribution in [2.75, 3.05) is 12.4 Å². The average molecular weight is 309 g/mol. The summed E-state index contributed by atoms with van der Waals surface area (Å²) < 4.78 is 32.2. The van der Waals surface area contributed by atoms with Gasteiger partial charge in [0.15, 0.2) is 11.6 Å². The SMILES string of the molecule is Fc1cc(Br)cc(OCC2(CS)CC2)c1F. The Labute approximate surface area is 107 Å². The molecule has 1 aliphatic carbocycles. The minimum Gasteiger partial charge on any atom is -0.490 e. The molecule has 0 radical (unpaired) electrons. The molecule has 0 aromatic heterocycles. The molecule has 0 amide bonds. The Bertz CT molecular complexity index is 407. The number of ether oxygens (including phenoxy) is 1. The van der Waals surface area contributed by atoms with E-state index in [4.69, 9.17) is 4.74 Å². The van der Waals surface area contributed by atoms with Crippen molar-refractivity contribution in [2.24, 2.45) is 5.41 Å². The van der Waals surface area contributed by atoms with E-state index in [9.17, 15) is 8.78 Å². The van der Waals surface area contributed by atoms with E-state index in [0.29, 0.717) is 16.8 Å². The van der Waals surface area contributed by atoms with E-state index in [0.717, 1.165) is 18.9 Å². The van der Waals surface area contributed by atoms with Gasteiger partial charge >= 0.3 is 0 Å². The van der Waals surface area contributed by atoms with Gasteiger partial charge in [-0.15, -0.1) is 0 Å². The molecule has 0 atom stereocenters. The highest BCUT2D eigenvalue weighted by Crippen LogP contribution is 2.46. The number of rotatable bonds is 4. The van der Waals surface area contributed by atoms with Crippen molar-refractivity contribution in [1.82, 2.24) is 0 Å². The standard InChI is InChI=1S/C11H11BrF2OS/c12-7-3-8(13)10(14)9(4-7)15-5-11(6-16)1-2-11/h3-4,16H,1-2,5-6H2. The van der Waals surface area contributed by atoms with Gasteiger partial charge in [0.25, 0.3) is 0 Å². The maximum atomic E-state index is 13.3. The lowest BCUT2D eigenvalue weighted by Gasteiger charge is -2.14. The largest absolute Gasteiger partial charge is 0.490 e. The van der Waals surface area contributed by atoms with Crippen LogP contribution in [0, 0.1) is 17.0 Å². The normalized spacial score (nSPS) is 17.2. The van der Waals surface area contributed by atoms with Gasteiger partial charge in [-0.3, -0.25) is 0 Å². The Morgan fingerprint density at radius 1 is 1.38 bits per heavy atom. The molecule has 1 aliphatic rings. The number of hydrogen-bond acceptors (Lipinski definition) is 2. The molecule has 0 heterocycles. The van der Waals surface area contributed by atoms with Crippen molar-refractivity contribution in [2.45, 2.75) is 12.8 Å². The molecule has 0 saturated heterocycles. The van der Waals surface area contributed by atoms with Crippen LogP contribution in [0.25, 0.3) is 0 Å². The van der Waals surface area contributed by atoms with Crippen molar-refractivity contribution < 1.29 is 13.5 Å². The lowest BCUT2D eigenvalue weighted by atomic mass is 10.2. The quantitative estimate of drug-likeness (QED) is 0.657. The Morgan fingerprint density at radius 3 is 2.62 bits per heavy atom. The fraction of sp³-hybridized carbons (Fsp3) is 0.455. The van der Waals surface area contributed by atoms with Gasteiger partial charge in [-0.2, -0.15) is 17.0 Å². The fourth-order valence-electron chi connectivity index (χ4n) is 1.39. The summed E-state index contributed by atoms with van der Waals surface area (Å²) >= 11 is 7.32. The summed E-state index contributed by atoms with van der Waals surface area (Å²) in [4.78, 5) is 0. The molecule has 88 valence electrons. The van der Waals surface area contributed by atoms with Gasteiger partial charge in [0.2, 0.25) is 5.82 Å². The highest BCUT2D eigenvalue weighted by atomic mass is 79.9. The molecule has 0 aliphatic heterocycles. The molecular weight excluding hydrogens is 298 g/mol. The molecule has 2 rings (SSSR count). The van der Waals surface area contributed by atoms with Gasteiger partial charge in [-0.05, 0) is 30.7 Å². The van der Waals surface area contributed by atoms with Gasteiger partial charge in [-0.25, -0.2) is 4.39 Å². The maximum absolute atomic E-state index is 13.3. The molecule has 0 unspecified atom stereocenters. The molecule has 1 saturated carbocycles. The third-order valence-electron chi connectivity index (χ3n) is 2.79. The van der Waals surface area contributed by atoms with Gasteiger partial charge in [-0.1, -0.05) is 15.9 Å². The van der Waals surface area contributed by atoms with Crippen LogP contribution < -0.4 is 4.74 Å². The zero-order chi connectivity index (χ0) is 11.8. The number of benzene rings is 1. The summed E-state index contributed by atoms with van der Waals surface area (Å²) in [6.45, 7) is 0.392. The van der Waals surface area contributed by atoms with E-state index in [2.05, 4.69) is 28.6 Å². The fourth-order valence-corrected chi connectivity index (χ4v) is 2.21. The second-order valence-electron chi connectivity index (χ2n) is 4.15. The first-order valence-electron chi connectivity index (χ1n) is 4.94. The summed E-state index contributed by atoms with van der Waals surface area (Å²) in [6.07, 6.45) is 2.07. The summed E-state index contributed by atoms with van der Waals surface area (Å²) in [7, 11) is 0. The average Bonchev–Trinajstić information content (AvgIpc) is 3.02. The summed E-state index contributed by atoms with van der Waals surface area (Å²) in [5, 5.41) is 0. The van der Waals surface area contributed by atoms with Crippen LogP contribution in [0.1, 0.15) is 12.8 Å². The van der Waals surface area contributed by atoms with E-state index >= 15 is 0 Å². The van der Waals surface area contributed by atoms with E-state index in [1.54, 1.807) is 0 Å². The maximum Gasteiger partial charge on any atom is 0.200 e. The predicted octanol–water partition coefficient (Wildman–Crippen LogP) is 3.82. The van der Waals surface area contributed by atoms with Gasteiger partial charge < -0.3 is 4.74 Å². The molecule has 0 bridgehead atoms. The zero-order valence-corrected chi connectivity index (χ0v) is 11.0. The molecule has 0 N–H and O–H groups in total. The van der Waals surface area contributed by atoms with Gasteiger partial charge in [0.05, 0.1) is 6.61 Å². The van der Waals surface area contributed by atoms with Crippen LogP contribution in [0.4, 0.5) is 8.78 Å². The zero-order valence-electron chi connectivity index (χ0n) is 8.47. The van der Waals surface area contributed by atoms with Crippen molar-refractivity contribution in [3.05, 3.63) is 28.2 Å². The van der Waals surface area contributed by atoms with Crippen LogP contribution in [0.2, 0.25) is 0 Å². The lowest BCUT2D eigenvalue weighted by molar-refractivity contribution is 0.237. The Hall–Kier alpha value is -0.290. The van der Waals surface area contributed by atoms with E-state index < -0.39 is 11.6 Å². The third kappa shape index (κ3) is 2.51. The minimum atomic E-state index is -0.932. The monoisotopic (exact) mass is 308 g/mol. The molecular formula is C11H11BrF2OS. The van der Waals surface area contributed by atoms with Crippen LogP contribution in [-0.4, -0.2) is 12.4 Å². The van der Waals surface area contributed by atoms with Crippen molar-refractivity contribution in [1.29, 1.82) is 0 Å². The van der Waals surface area contributed by atoms with Gasteiger partial charge in [0.1, 0.15) is 0 Å². The van der Waals surface area contributed by atoms with Crippen molar-refractivity contribution >= 4 is 28.6 Å². The van der Waals surface area contributed by atoms with Gasteiger partial charge in [0, 0.05) is 9.89 Å². The molecule has 5 heteroatoms. The third-order valence-corrected chi connectivity index (χ3v) is 3.91. The van der Waals surface area contributed by atoms with Crippen LogP contribution in [-0.2, 0) is 0 Å². The lowest BCUT2D eigenvalue weighted by Crippen LogP contribution is -2.15. The number of thiol groups is 1. The molecule has 1 nitrogen and oxygen atoms in total. The molecule has 1 aromatic rings. The summed E-state index contributed by atoms with van der Waals surface area (Å²) in [6, 6.07) is 2.51. The topological polar surface area (TPSA) is 9.23 Å². The molecule has 0 spiro atoms. The first-order valence-corrected chi connectivity index (χ1v) is 6.37. The second kappa shape index (κ2) is 4.53. The summed E-state index contributed by atoms with van der Waals surface area (Å²) in [5.74, 6) is -1.16. The molecule has 1 fully saturated rings. The Morgan fingerprint density at radius 2 is 2.06 bits per heavy atom.